The first-order valence-electron chi connectivity index (χ1n) is 13.7. The molecule has 0 fully saturated rings. The van der Waals surface area contributed by atoms with E-state index in [0.29, 0.717) is 41.9 Å². The number of benzene rings is 1. The van der Waals surface area contributed by atoms with Crippen molar-refractivity contribution in [3.63, 3.8) is 0 Å². The van der Waals surface area contributed by atoms with E-state index in [1.807, 2.05) is 25.1 Å². The summed E-state index contributed by atoms with van der Waals surface area (Å²) in [6.45, 7) is 13.2. The molecule has 0 aliphatic heterocycles. The Morgan fingerprint density at radius 2 is 1.66 bits per heavy atom. The van der Waals surface area contributed by atoms with Crippen LogP contribution >= 0.6 is 34.8 Å². The molecule has 3 aromatic rings. The van der Waals surface area contributed by atoms with Gasteiger partial charge in [-0.05, 0) is 72.1 Å². The highest BCUT2D eigenvalue weighted by Crippen LogP contribution is 2.37. The Hall–Kier alpha value is -3.09. The number of amides is 2. The summed E-state index contributed by atoms with van der Waals surface area (Å²) >= 11 is 17.1. The predicted octanol–water partition coefficient (Wildman–Crippen LogP) is 8.62. The molecular weight excluding hydrogens is 647 g/mol. The topological polar surface area (TPSA) is 121 Å². The van der Waals surface area contributed by atoms with E-state index in [1.54, 1.807) is 30.5 Å². The second-order valence-corrected chi connectivity index (χ2v) is 18.8. The molecule has 0 atom stereocenters. The Balaban J connectivity index is 1.95. The molecular formula is C30H37Cl3N4O6Si. The minimum absolute atomic E-state index is 0.0691. The van der Waals surface area contributed by atoms with Crippen LogP contribution in [0.3, 0.4) is 0 Å². The van der Waals surface area contributed by atoms with Crippen LogP contribution in [-0.2, 0) is 13.9 Å². The fraction of sp³-hybridized carbons (Fsp3) is 0.400. The zero-order chi connectivity index (χ0) is 32.7. The number of methoxy groups -OCH3 is 1. The van der Waals surface area contributed by atoms with Crippen molar-refractivity contribution in [2.45, 2.75) is 49.6 Å². The minimum atomic E-state index is -1.96. The van der Waals surface area contributed by atoms with Gasteiger partial charge in [0.05, 0.1) is 19.4 Å². The van der Waals surface area contributed by atoms with Gasteiger partial charge in [-0.2, -0.15) is 0 Å². The second-order valence-electron chi connectivity index (χ2n) is 11.4. The fourth-order valence-electron chi connectivity index (χ4n) is 3.67. The first-order chi connectivity index (χ1) is 20.5. The average molecular weight is 684 g/mol. The molecule has 0 spiro atoms. The lowest BCUT2D eigenvalue weighted by Gasteiger charge is -2.36. The molecule has 0 aliphatic rings. The van der Waals surface area contributed by atoms with Crippen LogP contribution in [0.5, 0.6) is 5.88 Å². The lowest BCUT2D eigenvalue weighted by molar-refractivity contribution is 0.164. The number of anilines is 2. The standard InChI is InChI=1S/C30H37Cl3N4O6Si/c1-19-8-9-22(35-28(39)42-18-30(31,32)33)17-23(19)21-14-24(20-10-11-34-25(15-20)37-27(38)40-5)36-26(16-21)41-12-13-43-44(6,7)29(2,3)4/h8-11,14-17H,12-13,18H2,1-7H3,(H,35,39)(H,34,37,38). The molecule has 238 valence electrons. The molecule has 1 aromatic carbocycles. The summed E-state index contributed by atoms with van der Waals surface area (Å²) in [5.74, 6) is 0.665. The maximum Gasteiger partial charge on any atom is 0.412 e. The normalized spacial score (nSPS) is 12.0. The highest BCUT2D eigenvalue weighted by atomic mass is 35.6. The number of ether oxygens (including phenoxy) is 3. The van der Waals surface area contributed by atoms with Crippen LogP contribution < -0.4 is 15.4 Å². The summed E-state index contributed by atoms with van der Waals surface area (Å²) in [4.78, 5) is 33.0. The van der Waals surface area contributed by atoms with Gasteiger partial charge in [0.25, 0.3) is 0 Å². The minimum Gasteiger partial charge on any atom is -0.475 e. The molecule has 2 amide bonds. The number of carbonyl (C=O) groups is 2. The van der Waals surface area contributed by atoms with Crippen molar-refractivity contribution in [3.8, 4) is 28.3 Å². The Morgan fingerprint density at radius 1 is 0.932 bits per heavy atom. The number of nitrogens with zero attached hydrogens (tertiary/aromatic N) is 2. The second kappa shape index (κ2) is 14.8. The summed E-state index contributed by atoms with van der Waals surface area (Å²) in [7, 11) is -0.684. The van der Waals surface area contributed by atoms with E-state index in [0.717, 1.165) is 16.7 Å². The van der Waals surface area contributed by atoms with Gasteiger partial charge in [-0.15, -0.1) is 0 Å². The highest BCUT2D eigenvalue weighted by molar-refractivity contribution is 6.74. The molecule has 44 heavy (non-hydrogen) atoms. The quantitative estimate of drug-likeness (QED) is 0.124. The van der Waals surface area contributed by atoms with E-state index >= 15 is 0 Å². The Labute approximate surface area is 273 Å². The third-order valence-corrected chi connectivity index (χ3v) is 11.9. The summed E-state index contributed by atoms with van der Waals surface area (Å²) in [5.41, 5.74) is 4.22. The average Bonchev–Trinajstić information content (AvgIpc) is 2.94. The van der Waals surface area contributed by atoms with Gasteiger partial charge in [0.15, 0.2) is 8.32 Å². The number of alkyl halides is 3. The van der Waals surface area contributed by atoms with Gasteiger partial charge >= 0.3 is 12.2 Å². The lowest BCUT2D eigenvalue weighted by atomic mass is 9.98. The molecule has 3 rings (SSSR count). The molecule has 0 bridgehead atoms. The smallest absolute Gasteiger partial charge is 0.412 e. The van der Waals surface area contributed by atoms with Crippen LogP contribution in [0.15, 0.2) is 48.7 Å². The number of nitrogens with one attached hydrogen (secondary N) is 2. The van der Waals surface area contributed by atoms with Gasteiger partial charge < -0.3 is 18.6 Å². The number of pyridine rings is 2. The van der Waals surface area contributed by atoms with E-state index in [9.17, 15) is 9.59 Å². The van der Waals surface area contributed by atoms with Crippen LogP contribution in [0.1, 0.15) is 26.3 Å². The fourth-order valence-corrected chi connectivity index (χ4v) is 4.86. The van der Waals surface area contributed by atoms with Crippen molar-refractivity contribution in [1.82, 2.24) is 9.97 Å². The van der Waals surface area contributed by atoms with Crippen molar-refractivity contribution in [2.24, 2.45) is 0 Å². The molecule has 2 N–H and O–H groups in total. The maximum absolute atomic E-state index is 12.3. The third kappa shape index (κ3) is 10.5. The summed E-state index contributed by atoms with van der Waals surface area (Å²) < 4.78 is 20.3. The van der Waals surface area contributed by atoms with Crippen LogP contribution in [0, 0.1) is 6.92 Å². The first-order valence-corrected chi connectivity index (χ1v) is 17.7. The van der Waals surface area contributed by atoms with Gasteiger partial charge in [-0.25, -0.2) is 19.6 Å². The van der Waals surface area contributed by atoms with E-state index in [1.165, 1.54) is 7.11 Å². The van der Waals surface area contributed by atoms with Crippen LogP contribution in [-0.4, -0.2) is 61.2 Å². The summed E-state index contributed by atoms with van der Waals surface area (Å²) in [5, 5.41) is 5.29. The number of rotatable bonds is 10. The summed E-state index contributed by atoms with van der Waals surface area (Å²) in [6.07, 6.45) is 0.144. The highest BCUT2D eigenvalue weighted by Gasteiger charge is 2.37. The van der Waals surface area contributed by atoms with Gasteiger partial charge in [0.1, 0.15) is 19.0 Å². The first kappa shape index (κ1) is 35.4. The maximum atomic E-state index is 12.3. The molecule has 0 saturated carbocycles. The van der Waals surface area contributed by atoms with E-state index < -0.39 is 30.9 Å². The largest absolute Gasteiger partial charge is 0.475 e. The molecule has 0 saturated heterocycles. The number of aromatic nitrogens is 2. The lowest BCUT2D eigenvalue weighted by Crippen LogP contribution is -2.41. The number of aryl methyl sites for hydroxylation is 1. The molecule has 2 heterocycles. The Kier molecular flexibility index (Phi) is 11.9. The van der Waals surface area contributed by atoms with E-state index in [4.69, 9.17) is 53.7 Å². The molecule has 2 aromatic heterocycles. The molecule has 14 heteroatoms. The summed E-state index contributed by atoms with van der Waals surface area (Å²) in [6, 6.07) is 12.5. The van der Waals surface area contributed by atoms with E-state index in [-0.39, 0.29) is 5.04 Å². The van der Waals surface area contributed by atoms with Crippen molar-refractivity contribution in [1.29, 1.82) is 0 Å². The molecule has 0 radical (unpaired) electrons. The van der Waals surface area contributed by atoms with Gasteiger partial charge in [0, 0.05) is 23.5 Å². The molecule has 0 aliphatic carbocycles. The van der Waals surface area contributed by atoms with Crippen molar-refractivity contribution in [3.05, 3.63) is 54.2 Å². The Morgan fingerprint density at radius 3 is 2.32 bits per heavy atom. The van der Waals surface area contributed by atoms with Crippen LogP contribution in [0.2, 0.25) is 18.1 Å². The molecule has 0 unspecified atom stereocenters. The molecule has 10 nitrogen and oxygen atoms in total. The van der Waals surface area contributed by atoms with Crippen LogP contribution in [0.4, 0.5) is 21.1 Å². The SMILES string of the molecule is COC(=O)Nc1cc(-c2cc(-c3cc(NC(=O)OCC(Cl)(Cl)Cl)ccc3C)cc(OCCO[Si](C)(C)C(C)(C)C)n2)ccn1. The number of hydrogen-bond donors (Lipinski definition) is 2. The van der Waals surface area contributed by atoms with Gasteiger partial charge in [-0.3, -0.25) is 10.6 Å². The van der Waals surface area contributed by atoms with Crippen molar-refractivity contribution >= 4 is 66.8 Å². The number of carbonyl (C=O) groups excluding carboxylic acids is 2. The van der Waals surface area contributed by atoms with E-state index in [2.05, 4.69) is 54.2 Å². The van der Waals surface area contributed by atoms with Crippen molar-refractivity contribution < 1.29 is 28.2 Å². The van der Waals surface area contributed by atoms with Crippen LogP contribution in [0.25, 0.3) is 22.4 Å². The zero-order valence-corrected chi connectivity index (χ0v) is 29.0. The monoisotopic (exact) mass is 682 g/mol. The number of halogens is 3. The van der Waals surface area contributed by atoms with Crippen molar-refractivity contribution in [2.75, 3.05) is 37.6 Å². The predicted molar refractivity (Wildman–Crippen MR) is 178 cm³/mol. The van der Waals surface area contributed by atoms with Gasteiger partial charge in [-0.1, -0.05) is 61.6 Å². The third-order valence-electron chi connectivity index (χ3n) is 7.04. The Bertz CT molecular complexity index is 1480. The number of hydrogen-bond acceptors (Lipinski definition) is 8. The van der Waals surface area contributed by atoms with Gasteiger partial charge in [0.2, 0.25) is 9.67 Å². The zero-order valence-electron chi connectivity index (χ0n) is 25.7.